The molecule has 1 fully saturated rings. The van der Waals surface area contributed by atoms with Gasteiger partial charge in [-0.25, -0.2) is 4.79 Å². The highest BCUT2D eigenvalue weighted by Gasteiger charge is 2.43. The van der Waals surface area contributed by atoms with Crippen molar-refractivity contribution in [1.29, 1.82) is 0 Å². The van der Waals surface area contributed by atoms with Crippen LogP contribution in [0.4, 0.5) is 18.0 Å². The molecule has 4 nitrogen and oxygen atoms in total. The number of alkyl halides is 3. The fourth-order valence-electron chi connectivity index (χ4n) is 2.51. The number of hydrogen-bond donors (Lipinski definition) is 2. The average Bonchev–Trinajstić information content (AvgIpc) is 2.93. The number of carbonyl (C=O) groups is 1. The Kier molecular flexibility index (Phi) is 5.18. The molecule has 0 saturated carbocycles. The predicted octanol–water partition coefficient (Wildman–Crippen LogP) is 3.11. The smallest absolute Gasteiger partial charge is 0.394 e. The van der Waals surface area contributed by atoms with Crippen LogP contribution in [0.25, 0.3) is 0 Å². The van der Waals surface area contributed by atoms with E-state index in [4.69, 9.17) is 16.7 Å². The van der Waals surface area contributed by atoms with Gasteiger partial charge in [0.15, 0.2) is 6.04 Å². The SMILES string of the molecule is O=C(N[C@H](c1ccc(Cl)cc1)C(F)(F)F)N1CCC[C@H]1CO. The molecular formula is C14H16ClF3N2O2. The molecular weight excluding hydrogens is 321 g/mol. The molecule has 2 N–H and O–H groups in total. The summed E-state index contributed by atoms with van der Waals surface area (Å²) in [6.07, 6.45) is -3.38. The van der Waals surface area contributed by atoms with Crippen LogP contribution in [0.15, 0.2) is 24.3 Å². The van der Waals surface area contributed by atoms with Gasteiger partial charge in [0.1, 0.15) is 0 Å². The Balaban J connectivity index is 2.17. The van der Waals surface area contributed by atoms with Gasteiger partial charge in [0.05, 0.1) is 12.6 Å². The van der Waals surface area contributed by atoms with E-state index < -0.39 is 24.3 Å². The zero-order chi connectivity index (χ0) is 16.3. The average molecular weight is 337 g/mol. The van der Waals surface area contributed by atoms with Gasteiger partial charge in [0, 0.05) is 11.6 Å². The summed E-state index contributed by atoms with van der Waals surface area (Å²) in [7, 11) is 0. The second-order valence-electron chi connectivity index (χ2n) is 5.15. The molecule has 2 rings (SSSR count). The van der Waals surface area contributed by atoms with Crippen LogP contribution in [0.5, 0.6) is 0 Å². The zero-order valence-electron chi connectivity index (χ0n) is 11.6. The summed E-state index contributed by atoms with van der Waals surface area (Å²) in [5.74, 6) is 0. The van der Waals surface area contributed by atoms with Crippen molar-refractivity contribution in [3.05, 3.63) is 34.9 Å². The van der Waals surface area contributed by atoms with Gasteiger partial charge in [-0.3, -0.25) is 0 Å². The van der Waals surface area contributed by atoms with E-state index in [1.807, 2.05) is 5.32 Å². The summed E-state index contributed by atoms with van der Waals surface area (Å²) in [4.78, 5) is 13.3. The molecule has 0 unspecified atom stereocenters. The standard InChI is InChI=1S/C14H16ClF3N2O2/c15-10-5-3-9(4-6-10)12(14(16,17)18)19-13(22)20-7-1-2-11(20)8-21/h3-6,11-12,21H,1-2,7-8H2,(H,19,22)/t11-,12+/m0/s1. The lowest BCUT2D eigenvalue weighted by Gasteiger charge is -2.28. The first-order valence-corrected chi connectivity index (χ1v) is 7.21. The Hall–Kier alpha value is -1.47. The normalized spacial score (nSPS) is 20.0. The van der Waals surface area contributed by atoms with Gasteiger partial charge in [-0.2, -0.15) is 13.2 Å². The van der Waals surface area contributed by atoms with Crippen LogP contribution in [0.3, 0.4) is 0 Å². The first-order chi connectivity index (χ1) is 10.3. The number of urea groups is 1. The van der Waals surface area contributed by atoms with E-state index in [9.17, 15) is 18.0 Å². The van der Waals surface area contributed by atoms with Gasteiger partial charge in [-0.1, -0.05) is 23.7 Å². The Morgan fingerprint density at radius 3 is 2.59 bits per heavy atom. The summed E-state index contributed by atoms with van der Waals surface area (Å²) >= 11 is 5.67. The third-order valence-electron chi connectivity index (χ3n) is 3.65. The molecule has 1 aliphatic heterocycles. The minimum absolute atomic E-state index is 0.0926. The van der Waals surface area contributed by atoms with Gasteiger partial charge < -0.3 is 15.3 Å². The van der Waals surface area contributed by atoms with Crippen molar-refractivity contribution in [2.24, 2.45) is 0 Å². The van der Waals surface area contributed by atoms with Crippen molar-refractivity contribution in [1.82, 2.24) is 10.2 Å². The second kappa shape index (κ2) is 6.75. The number of carbonyl (C=O) groups excluding carboxylic acids is 1. The quantitative estimate of drug-likeness (QED) is 0.891. The zero-order valence-corrected chi connectivity index (χ0v) is 12.4. The van der Waals surface area contributed by atoms with Crippen LogP contribution in [-0.4, -0.2) is 41.4 Å². The summed E-state index contributed by atoms with van der Waals surface area (Å²) in [5.41, 5.74) is -0.0926. The van der Waals surface area contributed by atoms with Crippen LogP contribution in [0.2, 0.25) is 5.02 Å². The van der Waals surface area contributed by atoms with E-state index >= 15 is 0 Å². The highest BCUT2D eigenvalue weighted by atomic mass is 35.5. The summed E-state index contributed by atoms with van der Waals surface area (Å²) in [5, 5.41) is 11.5. The number of likely N-dealkylation sites (tertiary alicyclic amines) is 1. The Labute approximate surface area is 130 Å². The number of nitrogens with zero attached hydrogens (tertiary/aromatic N) is 1. The van der Waals surface area contributed by atoms with Gasteiger partial charge in [-0.15, -0.1) is 0 Å². The van der Waals surface area contributed by atoms with E-state index in [-0.39, 0.29) is 12.2 Å². The molecule has 0 aliphatic carbocycles. The van der Waals surface area contributed by atoms with E-state index in [0.717, 1.165) is 0 Å². The lowest BCUT2D eigenvalue weighted by Crippen LogP contribution is -2.48. The molecule has 1 heterocycles. The third-order valence-corrected chi connectivity index (χ3v) is 3.90. The molecule has 2 amide bonds. The molecule has 0 bridgehead atoms. The topological polar surface area (TPSA) is 52.6 Å². The van der Waals surface area contributed by atoms with Crippen LogP contribution in [0, 0.1) is 0 Å². The maximum Gasteiger partial charge on any atom is 0.412 e. The van der Waals surface area contributed by atoms with E-state index in [1.165, 1.54) is 29.2 Å². The lowest BCUT2D eigenvalue weighted by atomic mass is 10.1. The Morgan fingerprint density at radius 1 is 1.41 bits per heavy atom. The minimum atomic E-state index is -4.63. The predicted molar refractivity (Wildman–Crippen MR) is 75.6 cm³/mol. The largest absolute Gasteiger partial charge is 0.412 e. The van der Waals surface area contributed by atoms with Gasteiger partial charge in [0.25, 0.3) is 0 Å². The van der Waals surface area contributed by atoms with E-state index in [0.29, 0.717) is 24.4 Å². The number of hydrogen-bond acceptors (Lipinski definition) is 2. The van der Waals surface area contributed by atoms with Crippen molar-refractivity contribution in [3.8, 4) is 0 Å². The Bertz CT molecular complexity index is 522. The maximum absolute atomic E-state index is 13.2. The van der Waals surface area contributed by atoms with Gasteiger partial charge in [0.2, 0.25) is 0 Å². The fourth-order valence-corrected chi connectivity index (χ4v) is 2.63. The number of benzene rings is 1. The monoisotopic (exact) mass is 336 g/mol. The molecule has 0 spiro atoms. The van der Waals surface area contributed by atoms with Crippen molar-refractivity contribution < 1.29 is 23.1 Å². The molecule has 8 heteroatoms. The maximum atomic E-state index is 13.2. The van der Waals surface area contributed by atoms with Crippen molar-refractivity contribution in [2.75, 3.05) is 13.2 Å². The molecule has 1 aromatic rings. The van der Waals surface area contributed by atoms with E-state index in [2.05, 4.69) is 0 Å². The van der Waals surface area contributed by atoms with Crippen LogP contribution in [-0.2, 0) is 0 Å². The van der Waals surface area contributed by atoms with Gasteiger partial charge in [-0.05, 0) is 30.5 Å². The van der Waals surface area contributed by atoms with Gasteiger partial charge >= 0.3 is 12.2 Å². The molecule has 1 saturated heterocycles. The molecule has 122 valence electrons. The van der Waals surface area contributed by atoms with Crippen LogP contribution in [0.1, 0.15) is 24.4 Å². The molecule has 0 radical (unpaired) electrons. The molecule has 2 atom stereocenters. The molecule has 0 aromatic heterocycles. The van der Waals surface area contributed by atoms with E-state index in [1.54, 1.807) is 0 Å². The Morgan fingerprint density at radius 2 is 2.05 bits per heavy atom. The first-order valence-electron chi connectivity index (χ1n) is 6.83. The number of aliphatic hydroxyl groups is 1. The molecule has 22 heavy (non-hydrogen) atoms. The van der Waals surface area contributed by atoms with Crippen LogP contribution < -0.4 is 5.32 Å². The molecule has 1 aliphatic rings. The summed E-state index contributed by atoms with van der Waals surface area (Å²) < 4.78 is 39.7. The summed E-state index contributed by atoms with van der Waals surface area (Å²) in [6.45, 7) is 0.0767. The van der Waals surface area contributed by atoms with Crippen molar-refractivity contribution in [2.45, 2.75) is 31.1 Å². The number of halogens is 4. The van der Waals surface area contributed by atoms with Crippen molar-refractivity contribution in [3.63, 3.8) is 0 Å². The fraction of sp³-hybridized carbons (Fsp3) is 0.500. The molecule has 1 aromatic carbocycles. The number of nitrogens with one attached hydrogen (secondary N) is 1. The second-order valence-corrected chi connectivity index (χ2v) is 5.58. The third kappa shape index (κ3) is 3.84. The van der Waals surface area contributed by atoms with Crippen molar-refractivity contribution >= 4 is 17.6 Å². The van der Waals surface area contributed by atoms with Crippen LogP contribution >= 0.6 is 11.6 Å². The first kappa shape index (κ1) is 16.9. The highest BCUT2D eigenvalue weighted by molar-refractivity contribution is 6.30. The highest BCUT2D eigenvalue weighted by Crippen LogP contribution is 2.33. The number of rotatable bonds is 3. The minimum Gasteiger partial charge on any atom is -0.394 e. The number of aliphatic hydroxyl groups excluding tert-OH is 1. The summed E-state index contributed by atoms with van der Waals surface area (Å²) in [6, 6.07) is 1.77. The number of amides is 2. The lowest BCUT2D eigenvalue weighted by molar-refractivity contribution is -0.155.